The number of nitrogens with zero attached hydrogens (tertiary/aromatic N) is 2. The SMILES string of the molecule is CSC1=NCCCN1C(=O)c1ccccc1F. The van der Waals surface area contributed by atoms with Crippen molar-refractivity contribution in [2.24, 2.45) is 4.99 Å². The van der Waals surface area contributed by atoms with Crippen molar-refractivity contribution < 1.29 is 9.18 Å². The molecule has 1 aromatic rings. The molecular formula is C12H13FN2OS. The third-order valence-corrected chi connectivity index (χ3v) is 3.26. The topological polar surface area (TPSA) is 32.7 Å². The highest BCUT2D eigenvalue weighted by atomic mass is 32.2. The van der Waals surface area contributed by atoms with Crippen LogP contribution in [0.2, 0.25) is 0 Å². The first kappa shape index (κ1) is 12.1. The summed E-state index contributed by atoms with van der Waals surface area (Å²) in [5, 5.41) is 0.671. The summed E-state index contributed by atoms with van der Waals surface area (Å²) in [5.41, 5.74) is 0.108. The molecule has 1 aromatic carbocycles. The van der Waals surface area contributed by atoms with Crippen LogP contribution < -0.4 is 0 Å². The standard InChI is InChI=1S/C12H13FN2OS/c1-17-12-14-7-4-8-15(12)11(16)9-5-2-3-6-10(9)13/h2-3,5-6H,4,7-8H2,1H3. The first-order valence-corrected chi connectivity index (χ1v) is 6.61. The number of carbonyl (C=O) groups excluding carboxylic acids is 1. The van der Waals surface area contributed by atoms with Crippen molar-refractivity contribution in [2.75, 3.05) is 19.3 Å². The van der Waals surface area contributed by atoms with E-state index in [4.69, 9.17) is 0 Å². The van der Waals surface area contributed by atoms with E-state index < -0.39 is 5.82 Å². The van der Waals surface area contributed by atoms with Crippen molar-refractivity contribution in [1.29, 1.82) is 0 Å². The summed E-state index contributed by atoms with van der Waals surface area (Å²) in [7, 11) is 0. The molecule has 2 rings (SSSR count). The summed E-state index contributed by atoms with van der Waals surface area (Å²) in [4.78, 5) is 18.0. The minimum absolute atomic E-state index is 0.108. The van der Waals surface area contributed by atoms with Crippen LogP contribution in [0.15, 0.2) is 29.3 Å². The van der Waals surface area contributed by atoms with Gasteiger partial charge in [0.2, 0.25) is 0 Å². The quantitative estimate of drug-likeness (QED) is 0.768. The summed E-state index contributed by atoms with van der Waals surface area (Å²) >= 11 is 1.42. The number of amides is 1. The Hall–Kier alpha value is -1.36. The van der Waals surface area contributed by atoms with E-state index in [2.05, 4.69) is 4.99 Å². The number of amidine groups is 1. The monoisotopic (exact) mass is 252 g/mol. The Morgan fingerprint density at radius 2 is 2.24 bits per heavy atom. The number of carbonyl (C=O) groups is 1. The molecular weight excluding hydrogens is 239 g/mol. The highest BCUT2D eigenvalue weighted by molar-refractivity contribution is 8.13. The van der Waals surface area contributed by atoms with E-state index in [0.717, 1.165) is 13.0 Å². The highest BCUT2D eigenvalue weighted by Crippen LogP contribution is 2.17. The van der Waals surface area contributed by atoms with E-state index >= 15 is 0 Å². The highest BCUT2D eigenvalue weighted by Gasteiger charge is 2.24. The fraction of sp³-hybridized carbons (Fsp3) is 0.333. The largest absolute Gasteiger partial charge is 0.287 e. The van der Waals surface area contributed by atoms with Gasteiger partial charge >= 0.3 is 0 Å². The number of halogens is 1. The molecule has 0 saturated carbocycles. The van der Waals surface area contributed by atoms with Gasteiger partial charge < -0.3 is 0 Å². The molecule has 1 heterocycles. The van der Waals surface area contributed by atoms with E-state index in [-0.39, 0.29) is 11.5 Å². The number of benzene rings is 1. The molecule has 1 aliphatic heterocycles. The summed E-state index contributed by atoms with van der Waals surface area (Å²) in [6, 6.07) is 6.04. The van der Waals surface area contributed by atoms with E-state index in [0.29, 0.717) is 11.7 Å². The van der Waals surface area contributed by atoms with Gasteiger partial charge in [0.05, 0.1) is 5.56 Å². The lowest BCUT2D eigenvalue weighted by Crippen LogP contribution is -2.39. The van der Waals surface area contributed by atoms with Gasteiger partial charge in [-0.15, -0.1) is 0 Å². The lowest BCUT2D eigenvalue weighted by molar-refractivity contribution is 0.0841. The van der Waals surface area contributed by atoms with Gasteiger partial charge in [0, 0.05) is 13.1 Å². The fourth-order valence-corrected chi connectivity index (χ4v) is 2.34. The second-order valence-corrected chi connectivity index (χ2v) is 4.43. The molecule has 0 N–H and O–H groups in total. The number of hydrogen-bond acceptors (Lipinski definition) is 3. The summed E-state index contributed by atoms with van der Waals surface area (Å²) in [6.07, 6.45) is 2.69. The molecule has 0 aliphatic carbocycles. The Morgan fingerprint density at radius 1 is 1.47 bits per heavy atom. The third-order valence-electron chi connectivity index (χ3n) is 2.55. The van der Waals surface area contributed by atoms with Crippen molar-refractivity contribution in [1.82, 2.24) is 4.90 Å². The van der Waals surface area contributed by atoms with E-state index in [9.17, 15) is 9.18 Å². The summed E-state index contributed by atoms with van der Waals surface area (Å²) in [6.45, 7) is 1.34. The Kier molecular flexibility index (Phi) is 3.78. The average Bonchev–Trinajstić information content (AvgIpc) is 2.38. The smallest absolute Gasteiger partial charge is 0.262 e. The Bertz CT molecular complexity index is 462. The number of hydrogen-bond donors (Lipinski definition) is 0. The molecule has 1 amide bonds. The first-order chi connectivity index (χ1) is 8.24. The zero-order valence-corrected chi connectivity index (χ0v) is 10.3. The average molecular weight is 252 g/mol. The maximum Gasteiger partial charge on any atom is 0.262 e. The molecule has 0 aromatic heterocycles. The van der Waals surface area contributed by atoms with Crippen LogP contribution in [0, 0.1) is 5.82 Å². The minimum atomic E-state index is -0.483. The predicted molar refractivity (Wildman–Crippen MR) is 67.9 cm³/mol. The lowest BCUT2D eigenvalue weighted by Gasteiger charge is -2.26. The van der Waals surface area contributed by atoms with Gasteiger partial charge in [0.25, 0.3) is 5.91 Å². The zero-order chi connectivity index (χ0) is 12.3. The second kappa shape index (κ2) is 5.31. The maximum atomic E-state index is 13.5. The normalized spacial score (nSPS) is 15.6. The van der Waals surface area contributed by atoms with Crippen molar-refractivity contribution in [3.8, 4) is 0 Å². The van der Waals surface area contributed by atoms with Crippen LogP contribution in [0.3, 0.4) is 0 Å². The van der Waals surface area contributed by atoms with Crippen LogP contribution in [0.4, 0.5) is 4.39 Å². The molecule has 90 valence electrons. The van der Waals surface area contributed by atoms with E-state index in [1.807, 2.05) is 6.26 Å². The Morgan fingerprint density at radius 3 is 2.94 bits per heavy atom. The van der Waals surface area contributed by atoms with Crippen LogP contribution in [-0.4, -0.2) is 35.3 Å². The van der Waals surface area contributed by atoms with Crippen LogP contribution in [0.25, 0.3) is 0 Å². The zero-order valence-electron chi connectivity index (χ0n) is 9.52. The molecule has 5 heteroatoms. The molecule has 0 fully saturated rings. The van der Waals surface area contributed by atoms with Gasteiger partial charge in [-0.25, -0.2) is 4.39 Å². The van der Waals surface area contributed by atoms with E-state index in [1.165, 1.54) is 23.9 Å². The molecule has 17 heavy (non-hydrogen) atoms. The van der Waals surface area contributed by atoms with Gasteiger partial charge in [-0.2, -0.15) is 0 Å². The van der Waals surface area contributed by atoms with Gasteiger partial charge in [-0.3, -0.25) is 14.7 Å². The first-order valence-electron chi connectivity index (χ1n) is 5.39. The Labute approximate surface area is 104 Å². The van der Waals surface area contributed by atoms with Crippen LogP contribution >= 0.6 is 11.8 Å². The molecule has 0 bridgehead atoms. The lowest BCUT2D eigenvalue weighted by atomic mass is 10.2. The maximum absolute atomic E-state index is 13.5. The van der Waals surface area contributed by atoms with Crippen LogP contribution in [0.1, 0.15) is 16.8 Å². The second-order valence-electron chi connectivity index (χ2n) is 3.66. The van der Waals surface area contributed by atoms with Crippen molar-refractivity contribution >= 4 is 22.8 Å². The minimum Gasteiger partial charge on any atom is -0.287 e. The molecule has 0 saturated heterocycles. The predicted octanol–water partition coefficient (Wildman–Crippen LogP) is 2.39. The molecule has 3 nitrogen and oxygen atoms in total. The van der Waals surface area contributed by atoms with Crippen molar-refractivity contribution in [3.05, 3.63) is 35.6 Å². The molecule has 0 radical (unpaired) electrons. The molecule has 0 spiro atoms. The van der Waals surface area contributed by atoms with Gasteiger partial charge in [-0.05, 0) is 24.8 Å². The van der Waals surface area contributed by atoms with Crippen LogP contribution in [0.5, 0.6) is 0 Å². The molecule has 1 aliphatic rings. The van der Waals surface area contributed by atoms with Crippen molar-refractivity contribution in [2.45, 2.75) is 6.42 Å². The number of thioether (sulfide) groups is 1. The third kappa shape index (κ3) is 2.49. The van der Waals surface area contributed by atoms with Gasteiger partial charge in [0.1, 0.15) is 5.82 Å². The van der Waals surface area contributed by atoms with Crippen LogP contribution in [-0.2, 0) is 0 Å². The van der Waals surface area contributed by atoms with Crippen molar-refractivity contribution in [3.63, 3.8) is 0 Å². The summed E-state index contributed by atoms with van der Waals surface area (Å²) < 4.78 is 13.5. The molecule has 0 unspecified atom stereocenters. The molecule has 0 atom stereocenters. The number of aliphatic imine (C=N–C) groups is 1. The van der Waals surface area contributed by atoms with Gasteiger partial charge in [-0.1, -0.05) is 23.9 Å². The summed E-state index contributed by atoms with van der Waals surface area (Å²) in [5.74, 6) is -0.792. The Balaban J connectivity index is 2.29. The fourth-order valence-electron chi connectivity index (χ4n) is 1.73. The van der Waals surface area contributed by atoms with E-state index in [1.54, 1.807) is 17.0 Å². The van der Waals surface area contributed by atoms with Gasteiger partial charge in [0.15, 0.2) is 5.17 Å². The number of rotatable bonds is 1.